The quantitative estimate of drug-likeness (QED) is 0.611. The van der Waals surface area contributed by atoms with Crippen LogP contribution in [-0.2, 0) is 24.8 Å². The number of amides is 1. The smallest absolute Gasteiger partial charge is 0.271 e. The Balaban J connectivity index is 1.52. The van der Waals surface area contributed by atoms with Crippen molar-refractivity contribution < 1.29 is 19.0 Å². The average molecular weight is 421 g/mol. The van der Waals surface area contributed by atoms with Gasteiger partial charge in [-0.2, -0.15) is 5.10 Å². The monoisotopic (exact) mass is 421 g/mol. The maximum Gasteiger partial charge on any atom is 0.271 e. The summed E-state index contributed by atoms with van der Waals surface area (Å²) >= 11 is 0. The number of hydrogen-bond donors (Lipinski definition) is 0. The first-order chi connectivity index (χ1) is 15.0. The summed E-state index contributed by atoms with van der Waals surface area (Å²) in [6.07, 6.45) is 0.765. The van der Waals surface area contributed by atoms with Crippen LogP contribution in [0.15, 0.2) is 48.5 Å². The minimum absolute atomic E-state index is 0.0324. The van der Waals surface area contributed by atoms with E-state index >= 15 is 0 Å². The van der Waals surface area contributed by atoms with Gasteiger partial charge in [0.05, 0.1) is 32.6 Å². The van der Waals surface area contributed by atoms with Gasteiger partial charge < -0.3 is 19.1 Å². The molecule has 1 atom stereocenters. The molecular formula is C24H27N3O4. The first-order valence-electron chi connectivity index (χ1n) is 10.2. The molecule has 3 aromatic rings. The van der Waals surface area contributed by atoms with E-state index in [-0.39, 0.29) is 12.0 Å². The fourth-order valence-electron chi connectivity index (χ4n) is 3.92. The van der Waals surface area contributed by atoms with Crippen LogP contribution in [0.25, 0.3) is 11.3 Å². The lowest BCUT2D eigenvalue weighted by Crippen LogP contribution is -2.38. The van der Waals surface area contributed by atoms with E-state index in [9.17, 15) is 4.79 Å². The van der Waals surface area contributed by atoms with Crippen molar-refractivity contribution in [2.75, 3.05) is 27.8 Å². The Morgan fingerprint density at radius 3 is 2.68 bits per heavy atom. The van der Waals surface area contributed by atoms with Crippen LogP contribution in [0, 0.1) is 0 Å². The third-order valence-electron chi connectivity index (χ3n) is 5.65. The Labute approximate surface area is 182 Å². The molecule has 0 bridgehead atoms. The molecule has 1 unspecified atom stereocenters. The van der Waals surface area contributed by atoms with Crippen molar-refractivity contribution in [3.8, 4) is 22.8 Å². The van der Waals surface area contributed by atoms with Gasteiger partial charge in [0.2, 0.25) is 0 Å². The molecule has 1 aliphatic heterocycles. The van der Waals surface area contributed by atoms with Gasteiger partial charge >= 0.3 is 0 Å². The molecule has 0 saturated carbocycles. The molecule has 0 radical (unpaired) electrons. The molecule has 2 aromatic carbocycles. The van der Waals surface area contributed by atoms with Gasteiger partial charge in [-0.05, 0) is 35.4 Å². The first-order valence-corrected chi connectivity index (χ1v) is 10.2. The van der Waals surface area contributed by atoms with Crippen molar-refractivity contribution in [3.05, 3.63) is 65.4 Å². The van der Waals surface area contributed by atoms with Crippen LogP contribution < -0.4 is 9.47 Å². The molecule has 0 spiro atoms. The minimum atomic E-state index is -0.106. The zero-order valence-electron chi connectivity index (χ0n) is 18.3. The molecule has 0 N–H and O–H groups in total. The summed E-state index contributed by atoms with van der Waals surface area (Å²) in [5, 5.41) is 4.55. The van der Waals surface area contributed by atoms with Crippen molar-refractivity contribution in [2.45, 2.75) is 19.1 Å². The first kappa shape index (κ1) is 20.9. The van der Waals surface area contributed by atoms with E-state index in [1.807, 2.05) is 30.3 Å². The van der Waals surface area contributed by atoms with E-state index in [2.05, 4.69) is 17.2 Å². The second-order valence-corrected chi connectivity index (χ2v) is 7.70. The second kappa shape index (κ2) is 8.81. The number of carbonyl (C=O) groups is 1. The van der Waals surface area contributed by atoms with Gasteiger partial charge in [-0.3, -0.25) is 9.48 Å². The third kappa shape index (κ3) is 4.27. The summed E-state index contributed by atoms with van der Waals surface area (Å²) in [5.41, 5.74) is 4.42. The van der Waals surface area contributed by atoms with Crippen molar-refractivity contribution in [2.24, 2.45) is 7.05 Å². The molecule has 0 saturated heterocycles. The van der Waals surface area contributed by atoms with Gasteiger partial charge in [0.15, 0.2) is 0 Å². The zero-order chi connectivity index (χ0) is 22.0. The molecule has 0 fully saturated rings. The fraction of sp³-hybridized carbons (Fsp3) is 0.333. The molecular weight excluding hydrogens is 394 g/mol. The second-order valence-electron chi connectivity index (χ2n) is 7.70. The minimum Gasteiger partial charge on any atom is -0.497 e. The number of hydrogen-bond acceptors (Lipinski definition) is 5. The summed E-state index contributed by atoms with van der Waals surface area (Å²) in [6.45, 7) is 1.09. The Kier molecular flexibility index (Phi) is 5.95. The van der Waals surface area contributed by atoms with Crippen molar-refractivity contribution in [3.63, 3.8) is 0 Å². The number of ether oxygens (including phenoxy) is 3. The molecule has 1 aromatic heterocycles. The van der Waals surface area contributed by atoms with Crippen molar-refractivity contribution in [1.82, 2.24) is 14.7 Å². The number of benzene rings is 2. The van der Waals surface area contributed by atoms with E-state index in [0.717, 1.165) is 12.0 Å². The largest absolute Gasteiger partial charge is 0.497 e. The number of fused-ring (bicyclic) bond motifs is 1. The van der Waals surface area contributed by atoms with Crippen LogP contribution in [0.3, 0.4) is 0 Å². The number of nitrogens with zero attached hydrogens (tertiary/aromatic N) is 3. The number of methoxy groups -OCH3 is 2. The van der Waals surface area contributed by atoms with E-state index in [0.29, 0.717) is 36.0 Å². The van der Waals surface area contributed by atoms with E-state index < -0.39 is 0 Å². The molecule has 2 heterocycles. The van der Waals surface area contributed by atoms with Gasteiger partial charge in [0, 0.05) is 32.6 Å². The van der Waals surface area contributed by atoms with Crippen LogP contribution in [0.4, 0.5) is 0 Å². The molecule has 4 rings (SSSR count). The summed E-state index contributed by atoms with van der Waals surface area (Å²) in [4.78, 5) is 14.9. The van der Waals surface area contributed by atoms with E-state index in [1.165, 1.54) is 11.1 Å². The predicted octanol–water partition coefficient (Wildman–Crippen LogP) is 3.32. The van der Waals surface area contributed by atoms with Gasteiger partial charge in [-0.1, -0.05) is 24.3 Å². The van der Waals surface area contributed by atoms with Crippen LogP contribution >= 0.6 is 0 Å². The molecule has 162 valence electrons. The number of likely N-dealkylation sites (N-methyl/N-ethyl adjacent to an activating group) is 1. The summed E-state index contributed by atoms with van der Waals surface area (Å²) < 4.78 is 18.4. The van der Waals surface area contributed by atoms with E-state index in [1.54, 1.807) is 44.0 Å². The van der Waals surface area contributed by atoms with Crippen LogP contribution in [0.1, 0.15) is 21.6 Å². The van der Waals surface area contributed by atoms with Crippen molar-refractivity contribution >= 4 is 5.91 Å². The topological polar surface area (TPSA) is 65.8 Å². The standard InChI is InChI=1S/C24H27N3O4/c1-26(14-19-11-16-7-5-6-8-17(16)15-31-19)24(28)22-13-21(25-27(22)2)20-12-18(29-3)9-10-23(20)30-4/h5-10,12-13,19H,11,14-15H2,1-4H3. The molecule has 7 heteroatoms. The average Bonchev–Trinajstić information content (AvgIpc) is 3.19. The Morgan fingerprint density at radius 2 is 1.94 bits per heavy atom. The third-order valence-corrected chi connectivity index (χ3v) is 5.65. The SMILES string of the molecule is COc1ccc(OC)c(-c2cc(C(=O)N(C)CC3Cc4ccccc4CO3)n(C)n2)c1. The summed E-state index contributed by atoms with van der Waals surface area (Å²) in [7, 11) is 6.78. The maximum atomic E-state index is 13.2. The highest BCUT2D eigenvalue weighted by Crippen LogP contribution is 2.33. The lowest BCUT2D eigenvalue weighted by molar-refractivity contribution is 0.00961. The highest BCUT2D eigenvalue weighted by atomic mass is 16.5. The highest BCUT2D eigenvalue weighted by molar-refractivity contribution is 5.93. The number of aryl methyl sites for hydroxylation is 1. The molecule has 0 aliphatic carbocycles. The lowest BCUT2D eigenvalue weighted by Gasteiger charge is -2.29. The van der Waals surface area contributed by atoms with Crippen LogP contribution in [0.2, 0.25) is 0 Å². The number of rotatable bonds is 6. The molecule has 1 aliphatic rings. The zero-order valence-corrected chi connectivity index (χ0v) is 18.3. The highest BCUT2D eigenvalue weighted by Gasteiger charge is 2.25. The Morgan fingerprint density at radius 1 is 1.16 bits per heavy atom. The number of carbonyl (C=O) groups excluding carboxylic acids is 1. The summed E-state index contributed by atoms with van der Waals surface area (Å²) in [6, 6.07) is 15.6. The Bertz CT molecular complexity index is 1090. The predicted molar refractivity (Wildman–Crippen MR) is 117 cm³/mol. The van der Waals surface area contributed by atoms with Gasteiger partial charge in [0.25, 0.3) is 5.91 Å². The normalized spacial score (nSPS) is 15.3. The maximum absolute atomic E-state index is 13.2. The van der Waals surface area contributed by atoms with Crippen LogP contribution in [-0.4, -0.2) is 54.5 Å². The van der Waals surface area contributed by atoms with Gasteiger partial charge in [0.1, 0.15) is 17.2 Å². The van der Waals surface area contributed by atoms with Gasteiger partial charge in [-0.25, -0.2) is 0 Å². The lowest BCUT2D eigenvalue weighted by atomic mass is 9.99. The molecule has 7 nitrogen and oxygen atoms in total. The van der Waals surface area contributed by atoms with Crippen LogP contribution in [0.5, 0.6) is 11.5 Å². The molecule has 31 heavy (non-hydrogen) atoms. The molecule has 1 amide bonds. The van der Waals surface area contributed by atoms with Gasteiger partial charge in [-0.15, -0.1) is 0 Å². The summed E-state index contributed by atoms with van der Waals surface area (Å²) in [5.74, 6) is 1.26. The Hall–Kier alpha value is -3.32. The number of aromatic nitrogens is 2. The van der Waals surface area contributed by atoms with E-state index in [4.69, 9.17) is 14.2 Å². The van der Waals surface area contributed by atoms with Crippen molar-refractivity contribution in [1.29, 1.82) is 0 Å². The fourth-order valence-corrected chi connectivity index (χ4v) is 3.92.